The second-order valence-corrected chi connectivity index (χ2v) is 14.5. The van der Waals surface area contributed by atoms with Crippen molar-refractivity contribution in [2.24, 2.45) is 33.5 Å². The molecule has 214 valence electrons. The van der Waals surface area contributed by atoms with Gasteiger partial charge in [-0.2, -0.15) is 0 Å². The van der Waals surface area contributed by atoms with Crippen LogP contribution < -0.4 is 0 Å². The fourth-order valence-corrected chi connectivity index (χ4v) is 11.1. The zero-order chi connectivity index (χ0) is 27.5. The first kappa shape index (κ1) is 25.3. The second-order valence-electron chi connectivity index (χ2n) is 14.5. The molecule has 0 unspecified atom stereocenters. The van der Waals surface area contributed by atoms with Crippen LogP contribution in [0.1, 0.15) is 82.2 Å². The fourth-order valence-electron chi connectivity index (χ4n) is 11.1. The highest BCUT2D eigenvalue weighted by Gasteiger charge is 2.76. The minimum absolute atomic E-state index is 0.0329. The predicted molar refractivity (Wildman–Crippen MR) is 146 cm³/mol. The number of furan rings is 1. The zero-order valence-corrected chi connectivity index (χ0v) is 23.7. The average Bonchev–Trinajstić information content (AvgIpc) is 3.73. The highest BCUT2D eigenvalue weighted by Crippen LogP contribution is 2.79. The van der Waals surface area contributed by atoms with Crippen molar-refractivity contribution in [3.63, 3.8) is 0 Å². The van der Waals surface area contributed by atoms with E-state index >= 15 is 0 Å². The van der Waals surface area contributed by atoms with E-state index < -0.39 is 11.0 Å². The molecule has 9 atom stereocenters. The van der Waals surface area contributed by atoms with Crippen LogP contribution in [0, 0.1) is 33.5 Å². The van der Waals surface area contributed by atoms with Crippen molar-refractivity contribution in [3.8, 4) is 0 Å². The maximum absolute atomic E-state index is 14.3. The number of aliphatic hydroxyl groups excluding tert-OH is 1. The van der Waals surface area contributed by atoms with Gasteiger partial charge in [-0.05, 0) is 87.2 Å². The van der Waals surface area contributed by atoms with E-state index in [9.17, 15) is 14.7 Å². The van der Waals surface area contributed by atoms with Gasteiger partial charge in [0.05, 0.1) is 31.6 Å². The Balaban J connectivity index is 1.23. The number of Topliss-reactive ketones (excluding diaryl/α,β-unsaturated/α-hetero) is 1. The van der Waals surface area contributed by atoms with Crippen LogP contribution in [0.2, 0.25) is 0 Å². The highest BCUT2D eigenvalue weighted by molar-refractivity contribution is 6.08. The van der Waals surface area contributed by atoms with Crippen LogP contribution in [0.15, 0.2) is 46.6 Å². The number of hydrogen-bond acceptors (Lipinski definition) is 6. The zero-order valence-electron chi connectivity index (χ0n) is 23.7. The number of ether oxygens (including phenoxy) is 2. The van der Waals surface area contributed by atoms with E-state index in [0.29, 0.717) is 25.3 Å². The van der Waals surface area contributed by atoms with Gasteiger partial charge in [0.25, 0.3) is 0 Å². The first-order chi connectivity index (χ1) is 19.2. The summed E-state index contributed by atoms with van der Waals surface area (Å²) in [6, 6.07) is 3.55. The molecule has 2 bridgehead atoms. The summed E-state index contributed by atoms with van der Waals surface area (Å²) in [4.78, 5) is 29.5. The van der Waals surface area contributed by atoms with Crippen molar-refractivity contribution in [3.05, 3.63) is 48.0 Å². The molecule has 1 aromatic rings. The number of aliphatic hydroxyl groups is 1. The molecule has 1 N–H and O–H groups in total. The number of hydrogen-bond donors (Lipinski definition) is 1. The van der Waals surface area contributed by atoms with Crippen LogP contribution in [0.4, 0.5) is 4.79 Å². The molecule has 2 aliphatic heterocycles. The maximum atomic E-state index is 14.3. The van der Waals surface area contributed by atoms with Gasteiger partial charge in [0.1, 0.15) is 5.60 Å². The van der Waals surface area contributed by atoms with E-state index in [1.807, 2.05) is 4.90 Å². The van der Waals surface area contributed by atoms with Crippen LogP contribution in [0.25, 0.3) is 0 Å². The SMILES string of the molecule is C[C@]12CC[C@H]3[C@@]4(C=C[C@@]5(C=C4C(=O)c4ccco4)C[C@@H](O)CC[C@]35C)[C@@H]1CC[C@@]21CN(C[C@H]2CCCO2)C(=O)O1. The van der Waals surface area contributed by atoms with Crippen molar-refractivity contribution >= 4 is 11.9 Å². The van der Waals surface area contributed by atoms with Crippen molar-refractivity contribution in [1.29, 1.82) is 0 Å². The summed E-state index contributed by atoms with van der Waals surface area (Å²) >= 11 is 0. The lowest BCUT2D eigenvalue weighted by Crippen LogP contribution is -2.67. The van der Waals surface area contributed by atoms with Gasteiger partial charge in [-0.15, -0.1) is 0 Å². The number of ketones is 1. The summed E-state index contributed by atoms with van der Waals surface area (Å²) in [6.45, 7) is 6.72. The number of nitrogens with zero attached hydrogens (tertiary/aromatic N) is 1. The van der Waals surface area contributed by atoms with Gasteiger partial charge in [0, 0.05) is 28.4 Å². The monoisotopic (exact) mass is 547 g/mol. The van der Waals surface area contributed by atoms with E-state index in [-0.39, 0.29) is 52.2 Å². The Morgan fingerprint density at radius 2 is 1.88 bits per heavy atom. The van der Waals surface area contributed by atoms with Crippen LogP contribution in [0.3, 0.4) is 0 Å². The van der Waals surface area contributed by atoms with Gasteiger partial charge in [0.2, 0.25) is 5.78 Å². The van der Waals surface area contributed by atoms with Crippen LogP contribution in [-0.4, -0.2) is 59.4 Å². The molecule has 5 fully saturated rings. The molecule has 7 heteroatoms. The molecule has 9 rings (SSSR count). The Morgan fingerprint density at radius 1 is 1.07 bits per heavy atom. The number of rotatable bonds is 4. The van der Waals surface area contributed by atoms with E-state index in [2.05, 4.69) is 32.1 Å². The van der Waals surface area contributed by atoms with Crippen LogP contribution in [0.5, 0.6) is 0 Å². The quantitative estimate of drug-likeness (QED) is 0.385. The van der Waals surface area contributed by atoms with Gasteiger partial charge in [-0.25, -0.2) is 4.79 Å². The summed E-state index contributed by atoms with van der Waals surface area (Å²) in [6.07, 6.45) is 16.2. The molecular weight excluding hydrogens is 506 g/mol. The van der Waals surface area contributed by atoms with Gasteiger partial charge in [-0.1, -0.05) is 32.1 Å². The third-order valence-electron chi connectivity index (χ3n) is 13.1. The molecule has 40 heavy (non-hydrogen) atoms. The molecule has 3 saturated carbocycles. The van der Waals surface area contributed by atoms with E-state index in [0.717, 1.165) is 63.5 Å². The molecule has 1 aromatic heterocycles. The summed E-state index contributed by atoms with van der Waals surface area (Å²) in [5, 5.41) is 10.8. The summed E-state index contributed by atoms with van der Waals surface area (Å²) in [5.41, 5.74) is -0.808. The summed E-state index contributed by atoms with van der Waals surface area (Å²) < 4.78 is 18.0. The summed E-state index contributed by atoms with van der Waals surface area (Å²) in [7, 11) is 0. The van der Waals surface area contributed by atoms with Crippen LogP contribution in [-0.2, 0) is 9.47 Å². The number of fused-ring (bicyclic) bond motifs is 2. The minimum Gasteiger partial charge on any atom is -0.461 e. The van der Waals surface area contributed by atoms with Gasteiger partial charge in [0.15, 0.2) is 5.76 Å². The Bertz CT molecular complexity index is 1310. The first-order valence-corrected chi connectivity index (χ1v) is 15.5. The Kier molecular flexibility index (Phi) is 5.15. The summed E-state index contributed by atoms with van der Waals surface area (Å²) in [5.74, 6) is 0.793. The number of amides is 1. The smallest absolute Gasteiger partial charge is 0.410 e. The Labute approximate surface area is 235 Å². The topological polar surface area (TPSA) is 89.2 Å². The molecule has 0 aromatic carbocycles. The normalized spacial score (nSPS) is 48.6. The molecule has 3 spiro atoms. The molecular formula is C33H41NO6. The van der Waals surface area contributed by atoms with Crippen LogP contribution >= 0.6 is 0 Å². The van der Waals surface area contributed by atoms with Gasteiger partial charge in [-0.3, -0.25) is 4.79 Å². The molecule has 0 radical (unpaired) electrons. The maximum Gasteiger partial charge on any atom is 0.410 e. The number of carbonyl (C=O) groups excluding carboxylic acids is 2. The highest BCUT2D eigenvalue weighted by atomic mass is 16.6. The molecule has 3 heterocycles. The standard InChI is InChI=1S/C33H41NO6/c1-29-10-7-21(35)17-31(29)13-14-33(23(18-31)27(36)24-6-4-16-39-24)25(29)8-11-30(2)26(33)9-12-32(30)20-34(28(37)40-32)19-22-5-3-15-38-22/h4,6,13-14,16,18,21-22,25-26,35H,3,5,7-12,15,17,19-20H2,1-2H3/t21-,22+,25+,26+,29+,30-,31-,32+,33-/m0/s1. The van der Waals surface area contributed by atoms with E-state index in [1.165, 1.54) is 0 Å². The Hall–Kier alpha value is -2.38. The molecule has 8 aliphatic rings. The first-order valence-electron chi connectivity index (χ1n) is 15.5. The van der Waals surface area contributed by atoms with Crippen molar-refractivity contribution < 1.29 is 28.6 Å². The molecule has 1 amide bonds. The van der Waals surface area contributed by atoms with E-state index in [4.69, 9.17) is 13.9 Å². The van der Waals surface area contributed by atoms with Crippen molar-refractivity contribution in [2.45, 2.75) is 89.4 Å². The Morgan fingerprint density at radius 3 is 2.65 bits per heavy atom. The number of carbonyl (C=O) groups is 2. The molecule has 6 aliphatic carbocycles. The number of allylic oxidation sites excluding steroid dienone is 4. The lowest BCUT2D eigenvalue weighted by molar-refractivity contribution is -0.164. The fraction of sp³-hybridized carbons (Fsp3) is 0.697. The predicted octanol–water partition coefficient (Wildman–Crippen LogP) is 5.69. The average molecular weight is 548 g/mol. The minimum atomic E-state index is -0.560. The third kappa shape index (κ3) is 2.93. The second kappa shape index (κ2) is 8.13. The largest absolute Gasteiger partial charge is 0.461 e. The van der Waals surface area contributed by atoms with Crippen molar-refractivity contribution in [1.82, 2.24) is 4.90 Å². The van der Waals surface area contributed by atoms with Gasteiger partial charge >= 0.3 is 6.09 Å². The molecule has 7 nitrogen and oxygen atoms in total. The lowest BCUT2D eigenvalue weighted by atomic mass is 9.32. The lowest BCUT2D eigenvalue weighted by Gasteiger charge is -2.71. The molecule has 2 saturated heterocycles. The van der Waals surface area contributed by atoms with Crippen molar-refractivity contribution in [2.75, 3.05) is 19.7 Å². The third-order valence-corrected chi connectivity index (χ3v) is 13.1. The van der Waals surface area contributed by atoms with Gasteiger partial charge < -0.3 is 23.9 Å². The van der Waals surface area contributed by atoms with E-state index in [1.54, 1.807) is 18.4 Å².